The van der Waals surface area contributed by atoms with Crippen LogP contribution in [0, 0.1) is 5.92 Å². The molecule has 1 spiro atoms. The van der Waals surface area contributed by atoms with Crippen LogP contribution >= 0.6 is 0 Å². The molecule has 0 bridgehead atoms. The van der Waals surface area contributed by atoms with Crippen LogP contribution in [0.15, 0.2) is 0 Å². The summed E-state index contributed by atoms with van der Waals surface area (Å²) in [7, 11) is 0. The summed E-state index contributed by atoms with van der Waals surface area (Å²) in [5.41, 5.74) is -0.525. The Kier molecular flexibility index (Phi) is 4.11. The molecule has 0 aromatic heterocycles. The van der Waals surface area contributed by atoms with Crippen molar-refractivity contribution in [1.29, 1.82) is 0 Å². The molecule has 0 aromatic rings. The Morgan fingerprint density at radius 2 is 2.00 bits per heavy atom. The van der Waals surface area contributed by atoms with E-state index in [0.29, 0.717) is 5.92 Å². The number of hydrogen-bond acceptors (Lipinski definition) is 3. The minimum absolute atomic E-state index is 0.00109. The molecule has 0 amide bonds. The highest BCUT2D eigenvalue weighted by atomic mass is 16.5. The van der Waals surface area contributed by atoms with Gasteiger partial charge in [-0.1, -0.05) is 13.3 Å². The molecule has 0 saturated carbocycles. The first kappa shape index (κ1) is 13.3. The lowest BCUT2D eigenvalue weighted by Crippen LogP contribution is -2.49. The largest absolute Gasteiger partial charge is 0.390 e. The SMILES string of the molecule is CCCC(C)(O)C1CCOC2(CCOCC2)C1. The number of ether oxygens (including phenoxy) is 2. The topological polar surface area (TPSA) is 38.7 Å². The lowest BCUT2D eigenvalue weighted by molar-refractivity contribution is -0.173. The molecular weight excluding hydrogens is 216 g/mol. The van der Waals surface area contributed by atoms with Crippen LogP contribution in [0.1, 0.15) is 52.4 Å². The van der Waals surface area contributed by atoms with Gasteiger partial charge in [-0.2, -0.15) is 0 Å². The summed E-state index contributed by atoms with van der Waals surface area (Å²) >= 11 is 0. The Morgan fingerprint density at radius 3 is 2.65 bits per heavy atom. The summed E-state index contributed by atoms with van der Waals surface area (Å²) < 4.78 is 11.4. The fraction of sp³-hybridized carbons (Fsp3) is 1.00. The molecule has 1 N–H and O–H groups in total. The summed E-state index contributed by atoms with van der Waals surface area (Å²) in [4.78, 5) is 0. The van der Waals surface area contributed by atoms with E-state index in [1.165, 1.54) is 0 Å². The van der Waals surface area contributed by atoms with Gasteiger partial charge >= 0.3 is 0 Å². The third-order valence-corrected chi connectivity index (χ3v) is 4.53. The Labute approximate surface area is 104 Å². The van der Waals surface area contributed by atoms with Crippen LogP contribution < -0.4 is 0 Å². The molecule has 0 aliphatic carbocycles. The van der Waals surface area contributed by atoms with Crippen molar-refractivity contribution in [3.8, 4) is 0 Å². The van der Waals surface area contributed by atoms with Crippen molar-refractivity contribution in [2.45, 2.75) is 63.6 Å². The fourth-order valence-electron chi connectivity index (χ4n) is 3.36. The lowest BCUT2D eigenvalue weighted by atomic mass is 9.72. The van der Waals surface area contributed by atoms with Crippen molar-refractivity contribution in [2.24, 2.45) is 5.92 Å². The second-order valence-corrected chi connectivity index (χ2v) is 5.94. The zero-order valence-electron chi connectivity index (χ0n) is 11.2. The van der Waals surface area contributed by atoms with E-state index < -0.39 is 5.60 Å². The summed E-state index contributed by atoms with van der Waals surface area (Å²) in [6.07, 6.45) is 5.92. The first-order valence-corrected chi connectivity index (χ1v) is 7.02. The van der Waals surface area contributed by atoms with Crippen LogP contribution in [0.4, 0.5) is 0 Å². The zero-order chi connectivity index (χ0) is 12.4. The van der Waals surface area contributed by atoms with Gasteiger partial charge in [-0.15, -0.1) is 0 Å². The van der Waals surface area contributed by atoms with E-state index in [4.69, 9.17) is 9.47 Å². The van der Waals surface area contributed by atoms with Crippen LogP contribution in [-0.2, 0) is 9.47 Å². The summed E-state index contributed by atoms with van der Waals surface area (Å²) in [5.74, 6) is 0.384. The van der Waals surface area contributed by atoms with Crippen LogP contribution in [0.3, 0.4) is 0 Å². The number of aliphatic hydroxyl groups is 1. The van der Waals surface area contributed by atoms with Crippen molar-refractivity contribution in [3.05, 3.63) is 0 Å². The summed E-state index contributed by atoms with van der Waals surface area (Å²) in [6, 6.07) is 0. The van der Waals surface area contributed by atoms with E-state index in [1.807, 2.05) is 6.92 Å². The molecule has 2 saturated heterocycles. The highest BCUT2D eigenvalue weighted by Crippen LogP contribution is 2.42. The molecule has 2 rings (SSSR count). The van der Waals surface area contributed by atoms with Gasteiger partial charge < -0.3 is 14.6 Å². The second-order valence-electron chi connectivity index (χ2n) is 5.94. The van der Waals surface area contributed by atoms with Crippen molar-refractivity contribution >= 4 is 0 Å². The maximum absolute atomic E-state index is 10.6. The average molecular weight is 242 g/mol. The molecule has 100 valence electrons. The molecule has 2 atom stereocenters. The number of hydrogen-bond donors (Lipinski definition) is 1. The van der Waals surface area contributed by atoms with Gasteiger partial charge in [0.1, 0.15) is 0 Å². The van der Waals surface area contributed by atoms with Gasteiger partial charge in [-0.05, 0) is 44.9 Å². The van der Waals surface area contributed by atoms with Gasteiger partial charge in [0.2, 0.25) is 0 Å². The second kappa shape index (κ2) is 5.25. The van der Waals surface area contributed by atoms with Crippen molar-refractivity contribution in [1.82, 2.24) is 0 Å². The van der Waals surface area contributed by atoms with Gasteiger partial charge in [-0.3, -0.25) is 0 Å². The quantitative estimate of drug-likeness (QED) is 0.826. The van der Waals surface area contributed by atoms with Crippen LogP contribution in [0.5, 0.6) is 0 Å². The first-order chi connectivity index (χ1) is 8.08. The average Bonchev–Trinajstić information content (AvgIpc) is 2.30. The van der Waals surface area contributed by atoms with Crippen LogP contribution in [0.2, 0.25) is 0 Å². The highest BCUT2D eigenvalue weighted by Gasteiger charge is 2.44. The van der Waals surface area contributed by atoms with Gasteiger partial charge in [0.05, 0.1) is 11.2 Å². The Hall–Kier alpha value is -0.120. The monoisotopic (exact) mass is 242 g/mol. The molecular formula is C14H26O3. The van der Waals surface area contributed by atoms with Crippen LogP contribution in [-0.4, -0.2) is 36.1 Å². The van der Waals surface area contributed by atoms with Crippen LogP contribution in [0.25, 0.3) is 0 Å². The predicted molar refractivity (Wildman–Crippen MR) is 67.0 cm³/mol. The number of rotatable bonds is 3. The molecule has 0 radical (unpaired) electrons. The maximum Gasteiger partial charge on any atom is 0.0730 e. The maximum atomic E-state index is 10.6. The summed E-state index contributed by atoms with van der Waals surface area (Å²) in [5, 5.41) is 10.6. The van der Waals surface area contributed by atoms with Gasteiger partial charge in [0.25, 0.3) is 0 Å². The van der Waals surface area contributed by atoms with E-state index in [9.17, 15) is 5.11 Å². The first-order valence-electron chi connectivity index (χ1n) is 7.02. The smallest absolute Gasteiger partial charge is 0.0730 e. The molecule has 3 nitrogen and oxygen atoms in total. The van der Waals surface area contributed by atoms with Gasteiger partial charge in [0, 0.05) is 19.8 Å². The van der Waals surface area contributed by atoms with Crippen molar-refractivity contribution in [3.63, 3.8) is 0 Å². The molecule has 2 fully saturated rings. The normalized spacial score (nSPS) is 32.3. The van der Waals surface area contributed by atoms with E-state index in [2.05, 4.69) is 6.92 Å². The molecule has 17 heavy (non-hydrogen) atoms. The Morgan fingerprint density at radius 1 is 1.29 bits per heavy atom. The van der Waals surface area contributed by atoms with E-state index >= 15 is 0 Å². The van der Waals surface area contributed by atoms with E-state index in [1.54, 1.807) is 0 Å². The minimum Gasteiger partial charge on any atom is -0.390 e. The molecule has 2 aliphatic heterocycles. The molecule has 2 heterocycles. The zero-order valence-corrected chi connectivity index (χ0v) is 11.2. The molecule has 2 unspecified atom stereocenters. The van der Waals surface area contributed by atoms with Crippen molar-refractivity contribution in [2.75, 3.05) is 19.8 Å². The van der Waals surface area contributed by atoms with Crippen molar-refractivity contribution < 1.29 is 14.6 Å². The lowest BCUT2D eigenvalue weighted by Gasteiger charge is -2.47. The Balaban J connectivity index is 2.00. The fourth-order valence-corrected chi connectivity index (χ4v) is 3.36. The van der Waals surface area contributed by atoms with Gasteiger partial charge in [-0.25, -0.2) is 0 Å². The standard InChI is InChI=1S/C14H26O3/c1-3-5-13(2,15)12-4-8-17-14(11-12)6-9-16-10-7-14/h12,15H,3-11H2,1-2H3. The summed E-state index contributed by atoms with van der Waals surface area (Å²) in [6.45, 7) is 6.55. The predicted octanol–water partition coefficient (Wildman–Crippen LogP) is 2.51. The van der Waals surface area contributed by atoms with E-state index in [0.717, 1.165) is 58.3 Å². The molecule has 2 aliphatic rings. The molecule has 3 heteroatoms. The molecule has 0 aromatic carbocycles. The third-order valence-electron chi connectivity index (χ3n) is 4.53. The third kappa shape index (κ3) is 3.01. The van der Waals surface area contributed by atoms with Gasteiger partial charge in [0.15, 0.2) is 0 Å². The Bertz CT molecular complexity index is 238. The van der Waals surface area contributed by atoms with E-state index in [-0.39, 0.29) is 5.60 Å². The minimum atomic E-state index is -0.524. The highest BCUT2D eigenvalue weighted by molar-refractivity contribution is 4.94.